The van der Waals surface area contributed by atoms with Crippen LogP contribution in [-0.4, -0.2) is 35.6 Å². The van der Waals surface area contributed by atoms with E-state index in [4.69, 9.17) is 4.74 Å². The number of carbonyl (C=O) groups excluding carboxylic acids is 1. The van der Waals surface area contributed by atoms with E-state index in [1.807, 2.05) is 43.6 Å². The Hall–Kier alpha value is -3.25. The minimum atomic E-state index is -0.0606. The minimum Gasteiger partial charge on any atom is -0.494 e. The third-order valence-corrected chi connectivity index (χ3v) is 4.82. The molecule has 31 heavy (non-hydrogen) atoms. The Kier molecular flexibility index (Phi) is 9.01. The first-order valence-corrected chi connectivity index (χ1v) is 10.8. The molecule has 0 spiro atoms. The SMILES string of the molecule is CCNC(=O)c1ccc(OCCCNCc2ccnc(CCc3cccnc3)c2)cc1. The van der Waals surface area contributed by atoms with Gasteiger partial charge in [-0.2, -0.15) is 0 Å². The number of nitrogens with zero attached hydrogens (tertiary/aromatic N) is 2. The zero-order chi connectivity index (χ0) is 21.7. The molecule has 1 aromatic carbocycles. The average Bonchev–Trinajstić information content (AvgIpc) is 2.81. The van der Waals surface area contributed by atoms with Crippen LogP contribution in [0.3, 0.4) is 0 Å². The zero-order valence-corrected chi connectivity index (χ0v) is 18.0. The first-order chi connectivity index (χ1) is 15.2. The van der Waals surface area contributed by atoms with Gasteiger partial charge in [0.15, 0.2) is 0 Å². The van der Waals surface area contributed by atoms with E-state index in [1.54, 1.807) is 18.3 Å². The predicted octanol–water partition coefficient (Wildman–Crippen LogP) is 3.57. The number of ether oxygens (including phenoxy) is 1. The molecule has 0 atom stereocenters. The lowest BCUT2D eigenvalue weighted by Gasteiger charge is -2.09. The third-order valence-electron chi connectivity index (χ3n) is 4.82. The van der Waals surface area contributed by atoms with Crippen molar-refractivity contribution in [2.45, 2.75) is 32.7 Å². The maximum atomic E-state index is 11.8. The van der Waals surface area contributed by atoms with Gasteiger partial charge in [-0.1, -0.05) is 6.07 Å². The van der Waals surface area contributed by atoms with Gasteiger partial charge in [-0.3, -0.25) is 14.8 Å². The molecular formula is C25H30N4O2. The van der Waals surface area contributed by atoms with E-state index in [0.29, 0.717) is 18.7 Å². The molecule has 0 saturated heterocycles. The summed E-state index contributed by atoms with van der Waals surface area (Å²) in [7, 11) is 0. The number of hydrogen-bond acceptors (Lipinski definition) is 5. The third kappa shape index (κ3) is 7.83. The van der Waals surface area contributed by atoms with Gasteiger partial charge >= 0.3 is 0 Å². The van der Waals surface area contributed by atoms with Crippen LogP contribution >= 0.6 is 0 Å². The summed E-state index contributed by atoms with van der Waals surface area (Å²) in [6.45, 7) is 4.82. The van der Waals surface area contributed by atoms with Gasteiger partial charge in [0.25, 0.3) is 5.91 Å². The normalized spacial score (nSPS) is 10.6. The molecule has 2 aromatic heterocycles. The number of pyridine rings is 2. The summed E-state index contributed by atoms with van der Waals surface area (Å²) in [4.78, 5) is 20.4. The second kappa shape index (κ2) is 12.4. The number of benzene rings is 1. The van der Waals surface area contributed by atoms with Crippen molar-refractivity contribution >= 4 is 5.91 Å². The fraction of sp³-hybridized carbons (Fsp3) is 0.320. The highest BCUT2D eigenvalue weighted by Gasteiger charge is 2.04. The Balaban J connectivity index is 1.32. The van der Waals surface area contributed by atoms with Crippen LogP contribution in [0.15, 0.2) is 67.1 Å². The number of hydrogen-bond donors (Lipinski definition) is 2. The van der Waals surface area contributed by atoms with Crippen LogP contribution in [0.25, 0.3) is 0 Å². The molecule has 0 fully saturated rings. The number of rotatable bonds is 12. The molecule has 0 saturated carbocycles. The summed E-state index contributed by atoms with van der Waals surface area (Å²) in [6, 6.07) is 15.5. The molecule has 2 N–H and O–H groups in total. The molecule has 6 nitrogen and oxygen atoms in total. The van der Waals surface area contributed by atoms with Crippen molar-refractivity contribution in [1.82, 2.24) is 20.6 Å². The highest BCUT2D eigenvalue weighted by molar-refractivity contribution is 5.94. The van der Waals surface area contributed by atoms with Gasteiger partial charge in [0.2, 0.25) is 0 Å². The van der Waals surface area contributed by atoms with Crippen LogP contribution in [0.4, 0.5) is 0 Å². The summed E-state index contributed by atoms with van der Waals surface area (Å²) in [5.74, 6) is 0.718. The molecule has 0 radical (unpaired) electrons. The molecule has 0 bridgehead atoms. The molecule has 0 aliphatic rings. The van der Waals surface area contributed by atoms with Crippen LogP contribution < -0.4 is 15.4 Å². The quantitative estimate of drug-likeness (QED) is 0.440. The Morgan fingerprint density at radius 2 is 1.90 bits per heavy atom. The number of carbonyl (C=O) groups is 1. The summed E-state index contributed by atoms with van der Waals surface area (Å²) < 4.78 is 5.76. The van der Waals surface area contributed by atoms with Gasteiger partial charge in [-0.05, 0) is 86.3 Å². The first-order valence-electron chi connectivity index (χ1n) is 10.8. The lowest BCUT2D eigenvalue weighted by Crippen LogP contribution is -2.22. The average molecular weight is 419 g/mol. The van der Waals surface area contributed by atoms with E-state index >= 15 is 0 Å². The second-order valence-electron chi connectivity index (χ2n) is 7.28. The van der Waals surface area contributed by atoms with Gasteiger partial charge in [-0.25, -0.2) is 0 Å². The van der Waals surface area contributed by atoms with Crippen molar-refractivity contribution in [3.8, 4) is 5.75 Å². The van der Waals surface area contributed by atoms with Crippen LogP contribution in [-0.2, 0) is 19.4 Å². The molecule has 2 heterocycles. The summed E-state index contributed by atoms with van der Waals surface area (Å²) in [6.07, 6.45) is 8.33. The van der Waals surface area contributed by atoms with Crippen molar-refractivity contribution in [2.24, 2.45) is 0 Å². The Morgan fingerprint density at radius 3 is 2.68 bits per heavy atom. The van der Waals surface area contributed by atoms with Crippen LogP contribution in [0, 0.1) is 0 Å². The van der Waals surface area contributed by atoms with E-state index in [9.17, 15) is 4.79 Å². The van der Waals surface area contributed by atoms with E-state index in [0.717, 1.165) is 43.8 Å². The largest absolute Gasteiger partial charge is 0.494 e. The van der Waals surface area contributed by atoms with Gasteiger partial charge < -0.3 is 15.4 Å². The summed E-state index contributed by atoms with van der Waals surface area (Å²) in [5.41, 5.74) is 4.21. The van der Waals surface area contributed by atoms with E-state index in [2.05, 4.69) is 32.7 Å². The van der Waals surface area contributed by atoms with Gasteiger partial charge in [0.1, 0.15) is 5.75 Å². The van der Waals surface area contributed by atoms with Crippen molar-refractivity contribution < 1.29 is 9.53 Å². The Morgan fingerprint density at radius 1 is 1.03 bits per heavy atom. The maximum Gasteiger partial charge on any atom is 0.251 e. The molecule has 0 aliphatic carbocycles. The molecule has 0 aliphatic heterocycles. The van der Waals surface area contributed by atoms with Gasteiger partial charge in [-0.15, -0.1) is 0 Å². The van der Waals surface area contributed by atoms with Crippen molar-refractivity contribution in [3.63, 3.8) is 0 Å². The molecule has 3 aromatic rings. The smallest absolute Gasteiger partial charge is 0.251 e. The van der Waals surface area contributed by atoms with E-state index in [1.165, 1.54) is 11.1 Å². The number of nitrogens with one attached hydrogen (secondary N) is 2. The number of aromatic nitrogens is 2. The lowest BCUT2D eigenvalue weighted by molar-refractivity contribution is 0.0956. The molecule has 3 rings (SSSR count). The first kappa shape index (κ1) is 22.4. The number of amides is 1. The minimum absolute atomic E-state index is 0.0606. The highest BCUT2D eigenvalue weighted by atomic mass is 16.5. The maximum absolute atomic E-state index is 11.8. The van der Waals surface area contributed by atoms with Crippen LogP contribution in [0.1, 0.15) is 40.5 Å². The molecule has 6 heteroatoms. The standard InChI is InChI=1S/C25H30N4O2/c1-2-28-25(30)22-7-10-24(11-8-22)31-16-4-14-27-19-21-12-15-29-23(17-21)9-6-20-5-3-13-26-18-20/h3,5,7-8,10-13,15,17-18,27H,2,4,6,9,14,16,19H2,1H3,(H,28,30). The zero-order valence-electron chi connectivity index (χ0n) is 18.0. The summed E-state index contributed by atoms with van der Waals surface area (Å²) >= 11 is 0. The molecule has 1 amide bonds. The van der Waals surface area contributed by atoms with Gasteiger partial charge in [0.05, 0.1) is 6.61 Å². The fourth-order valence-electron chi connectivity index (χ4n) is 3.18. The lowest BCUT2D eigenvalue weighted by atomic mass is 10.1. The van der Waals surface area contributed by atoms with Crippen molar-refractivity contribution in [2.75, 3.05) is 19.7 Å². The molecular weight excluding hydrogens is 388 g/mol. The van der Waals surface area contributed by atoms with E-state index < -0.39 is 0 Å². The van der Waals surface area contributed by atoms with Crippen LogP contribution in [0.5, 0.6) is 5.75 Å². The van der Waals surface area contributed by atoms with E-state index in [-0.39, 0.29) is 5.91 Å². The Labute approximate surface area is 184 Å². The van der Waals surface area contributed by atoms with Gasteiger partial charge in [0, 0.05) is 42.9 Å². The second-order valence-corrected chi connectivity index (χ2v) is 7.28. The monoisotopic (exact) mass is 418 g/mol. The Bertz CT molecular complexity index is 930. The highest BCUT2D eigenvalue weighted by Crippen LogP contribution is 2.12. The van der Waals surface area contributed by atoms with Crippen LogP contribution in [0.2, 0.25) is 0 Å². The number of aryl methyl sites for hydroxylation is 2. The molecule has 0 unspecified atom stereocenters. The molecule has 162 valence electrons. The van der Waals surface area contributed by atoms with Crippen molar-refractivity contribution in [1.29, 1.82) is 0 Å². The summed E-state index contributed by atoms with van der Waals surface area (Å²) in [5, 5.41) is 6.24. The fourth-order valence-corrected chi connectivity index (χ4v) is 3.18. The predicted molar refractivity (Wildman–Crippen MR) is 122 cm³/mol. The van der Waals surface area contributed by atoms with Crippen molar-refractivity contribution in [3.05, 3.63) is 89.5 Å². The topological polar surface area (TPSA) is 76.1 Å².